The average Bonchev–Trinajstić information content (AvgIpc) is 2.76. The van der Waals surface area contributed by atoms with Crippen LogP contribution in [-0.4, -0.2) is 16.4 Å². The minimum atomic E-state index is 0.971. The summed E-state index contributed by atoms with van der Waals surface area (Å²) in [5.41, 5.74) is 2.99. The van der Waals surface area contributed by atoms with Gasteiger partial charge in [0, 0.05) is 18.5 Å². The van der Waals surface area contributed by atoms with Gasteiger partial charge in [-0.1, -0.05) is 12.1 Å². The molecule has 0 fully saturated rings. The van der Waals surface area contributed by atoms with Gasteiger partial charge in [0.1, 0.15) is 0 Å². The van der Waals surface area contributed by atoms with Crippen LogP contribution in [0.3, 0.4) is 0 Å². The number of hydrogen-bond donors (Lipinski definition) is 2. The lowest BCUT2D eigenvalue weighted by atomic mass is 10.1. The maximum atomic E-state index is 6.50. The third kappa shape index (κ3) is 3.33. The van der Waals surface area contributed by atoms with Gasteiger partial charge in [-0.3, -0.25) is 5.10 Å². The number of nitrogens with one attached hydrogen (secondary N) is 1. The van der Waals surface area contributed by atoms with E-state index in [9.17, 15) is 0 Å². The number of aryl methyl sites for hydroxylation is 1. The van der Waals surface area contributed by atoms with Crippen LogP contribution in [0, 0.1) is 30.6 Å². The molecule has 0 atom stereocenters. The van der Waals surface area contributed by atoms with E-state index < -0.39 is 0 Å². The molecule has 3 N–H and O–H groups in total. The van der Waals surface area contributed by atoms with E-state index in [2.05, 4.69) is 28.4 Å². The first-order valence-corrected chi connectivity index (χ1v) is 4.51. The summed E-state index contributed by atoms with van der Waals surface area (Å²) in [7, 11) is 0. The quantitative estimate of drug-likeness (QED) is 0.436. The first-order valence-electron chi connectivity index (χ1n) is 4.51. The molecular weight excluding hydrogens is 216 g/mol. The minimum absolute atomic E-state index is 0.971. The monoisotopic (exact) mass is 228 g/mol. The van der Waals surface area contributed by atoms with E-state index in [1.54, 1.807) is 6.21 Å². The zero-order valence-corrected chi connectivity index (χ0v) is 9.33. The summed E-state index contributed by atoms with van der Waals surface area (Å²) < 4.78 is 0. The van der Waals surface area contributed by atoms with Gasteiger partial charge in [-0.15, -0.1) is 0 Å². The highest BCUT2D eigenvalue weighted by Gasteiger charge is 2.00. The normalized spacial score (nSPS) is 9.00. The van der Waals surface area contributed by atoms with Crippen LogP contribution in [0.4, 0.5) is 0 Å². The number of fused-ring (bicyclic) bond motifs is 1. The summed E-state index contributed by atoms with van der Waals surface area (Å²) in [5, 5.41) is 24.6. The molecule has 1 aromatic heterocycles. The Balaban J connectivity index is 0.000000581. The van der Waals surface area contributed by atoms with Gasteiger partial charge in [-0.25, -0.2) is 10.5 Å². The van der Waals surface area contributed by atoms with Crippen LogP contribution in [0.25, 0.3) is 10.9 Å². The fraction of sp³-hybridized carbons (Fsp3) is 0.0909. The first kappa shape index (κ1) is 14.1. The Bertz CT molecular complexity index is 528. The number of aromatic nitrogens is 2. The van der Waals surface area contributed by atoms with Crippen LogP contribution >= 0.6 is 0 Å². The van der Waals surface area contributed by atoms with Gasteiger partial charge >= 0.3 is 0 Å². The Hall–Kier alpha value is -2.86. The topological polar surface area (TPSA) is 115 Å². The van der Waals surface area contributed by atoms with Crippen molar-refractivity contribution in [2.45, 2.75) is 6.92 Å². The molecule has 0 aliphatic rings. The second-order valence-corrected chi connectivity index (χ2v) is 2.89. The van der Waals surface area contributed by atoms with Crippen molar-refractivity contribution >= 4 is 17.1 Å². The van der Waals surface area contributed by atoms with Gasteiger partial charge in [0.05, 0.1) is 17.4 Å². The van der Waals surface area contributed by atoms with E-state index in [0.717, 1.165) is 22.2 Å². The van der Waals surface area contributed by atoms with Crippen LogP contribution in [0.5, 0.6) is 0 Å². The Labute approximate surface area is 99.0 Å². The summed E-state index contributed by atoms with van der Waals surface area (Å²) >= 11 is 0. The van der Waals surface area contributed by atoms with Gasteiger partial charge < -0.3 is 5.84 Å². The molecule has 86 valence electrons. The predicted octanol–water partition coefficient (Wildman–Crippen LogP) is 1.44. The largest absolute Gasteiger partial charge is 0.323 e. The molecule has 0 unspecified atom stereocenters. The highest BCUT2D eigenvalue weighted by Crippen LogP contribution is 2.15. The van der Waals surface area contributed by atoms with Crippen molar-refractivity contribution in [2.24, 2.45) is 10.9 Å². The molecule has 0 aliphatic heterocycles. The summed E-state index contributed by atoms with van der Waals surface area (Å²) in [6.07, 6.45) is 1.61. The van der Waals surface area contributed by atoms with E-state index in [1.807, 2.05) is 25.1 Å². The Morgan fingerprint density at radius 1 is 1.35 bits per heavy atom. The maximum Gasteiger partial charge on any atom is 0.0669 e. The van der Waals surface area contributed by atoms with Crippen LogP contribution < -0.4 is 5.84 Å². The standard InChI is InChI=1S/C9H10N4.2CHN/c1-6-8-3-2-7(5-11-10)4-9(8)13-12-6;2*1-2/h2-5H,10H2,1H3,(H,12,13);2*1H. The van der Waals surface area contributed by atoms with E-state index in [1.165, 1.54) is 0 Å². The number of nitrogens with zero attached hydrogens (tertiary/aromatic N) is 4. The highest BCUT2D eigenvalue weighted by molar-refractivity contribution is 5.89. The molecule has 0 amide bonds. The molecule has 0 aliphatic carbocycles. The van der Waals surface area contributed by atoms with Crippen LogP contribution in [-0.2, 0) is 0 Å². The SMILES string of the molecule is C#N.C#N.Cc1n[nH]c2cc(C=NN)ccc12. The molecule has 1 aromatic carbocycles. The summed E-state index contributed by atoms with van der Waals surface area (Å²) in [6.45, 7) is 8.97. The van der Waals surface area contributed by atoms with Crippen LogP contribution in [0.2, 0.25) is 0 Å². The van der Waals surface area contributed by atoms with E-state index in [0.29, 0.717) is 0 Å². The van der Waals surface area contributed by atoms with Gasteiger partial charge in [-0.2, -0.15) is 10.2 Å². The molecule has 0 spiro atoms. The van der Waals surface area contributed by atoms with Gasteiger partial charge in [-0.05, 0) is 18.6 Å². The Morgan fingerprint density at radius 2 is 2.00 bits per heavy atom. The highest BCUT2D eigenvalue weighted by atomic mass is 15.1. The number of nitriles is 2. The first-order chi connectivity index (χ1) is 8.31. The van der Waals surface area contributed by atoms with Crippen LogP contribution in [0.1, 0.15) is 11.3 Å². The molecular formula is C11H12N6. The number of benzene rings is 1. The fourth-order valence-corrected chi connectivity index (χ4v) is 1.34. The number of aromatic amines is 1. The van der Waals surface area contributed by atoms with Crippen molar-refractivity contribution < 1.29 is 0 Å². The zero-order chi connectivity index (χ0) is 13.3. The molecule has 6 heteroatoms. The van der Waals surface area contributed by atoms with E-state index in [4.69, 9.17) is 16.4 Å². The molecule has 1 heterocycles. The Kier molecular flexibility index (Phi) is 6.18. The van der Waals surface area contributed by atoms with Gasteiger partial charge in [0.15, 0.2) is 0 Å². The van der Waals surface area contributed by atoms with Crippen molar-refractivity contribution in [2.75, 3.05) is 0 Å². The molecule has 0 saturated carbocycles. The summed E-state index contributed by atoms with van der Waals surface area (Å²) in [5.74, 6) is 5.05. The van der Waals surface area contributed by atoms with Crippen LogP contribution in [0.15, 0.2) is 23.3 Å². The van der Waals surface area contributed by atoms with Crippen molar-refractivity contribution in [1.82, 2.24) is 10.2 Å². The van der Waals surface area contributed by atoms with E-state index >= 15 is 0 Å². The third-order valence-electron chi connectivity index (χ3n) is 2.00. The fourth-order valence-electron chi connectivity index (χ4n) is 1.34. The second kappa shape index (κ2) is 7.43. The molecule has 0 radical (unpaired) electrons. The van der Waals surface area contributed by atoms with Gasteiger partial charge in [0.2, 0.25) is 0 Å². The van der Waals surface area contributed by atoms with Gasteiger partial charge in [0.25, 0.3) is 0 Å². The van der Waals surface area contributed by atoms with Crippen molar-refractivity contribution in [3.05, 3.63) is 29.5 Å². The van der Waals surface area contributed by atoms with Crippen molar-refractivity contribution in [3.8, 4) is 13.1 Å². The molecule has 0 bridgehead atoms. The predicted molar refractivity (Wildman–Crippen MR) is 66.0 cm³/mol. The number of rotatable bonds is 1. The third-order valence-corrected chi connectivity index (χ3v) is 2.00. The van der Waals surface area contributed by atoms with E-state index in [-0.39, 0.29) is 0 Å². The van der Waals surface area contributed by atoms with Crippen molar-refractivity contribution in [3.63, 3.8) is 0 Å². The summed E-state index contributed by atoms with van der Waals surface area (Å²) in [6, 6.07) is 5.93. The molecule has 6 nitrogen and oxygen atoms in total. The average molecular weight is 228 g/mol. The maximum absolute atomic E-state index is 6.50. The number of nitrogens with two attached hydrogens (primary N) is 1. The lowest BCUT2D eigenvalue weighted by Gasteiger charge is -1.92. The lowest BCUT2D eigenvalue weighted by Crippen LogP contribution is -1.85. The minimum Gasteiger partial charge on any atom is -0.323 e. The molecule has 0 saturated heterocycles. The van der Waals surface area contributed by atoms with Crippen molar-refractivity contribution in [1.29, 1.82) is 10.5 Å². The number of hydrazone groups is 1. The lowest BCUT2D eigenvalue weighted by molar-refractivity contribution is 1.07. The number of H-pyrrole nitrogens is 1. The molecule has 2 aromatic rings. The smallest absolute Gasteiger partial charge is 0.0669 e. The summed E-state index contributed by atoms with van der Waals surface area (Å²) in [4.78, 5) is 0. The molecule has 17 heavy (non-hydrogen) atoms. The molecule has 2 rings (SSSR count). The Morgan fingerprint density at radius 3 is 2.59 bits per heavy atom. The second-order valence-electron chi connectivity index (χ2n) is 2.89. The zero-order valence-electron chi connectivity index (χ0n) is 9.33. The number of hydrogen-bond acceptors (Lipinski definition) is 5.